The highest BCUT2D eigenvalue weighted by Gasteiger charge is 2.72. The second-order valence-corrected chi connectivity index (χ2v) is 24.2. The molecule has 6 saturated carbocycles. The molecule has 6 aliphatic carbocycles. The first-order valence-electron chi connectivity index (χ1n) is 25.4. The zero-order valence-corrected chi connectivity index (χ0v) is 40.7. The summed E-state index contributed by atoms with van der Waals surface area (Å²) in [7, 11) is 0. The summed E-state index contributed by atoms with van der Waals surface area (Å²) in [6.45, 7) is 26.9. The highest BCUT2D eigenvalue weighted by atomic mass is 16.5. The molecule has 1 aromatic heterocycles. The highest BCUT2D eigenvalue weighted by Crippen LogP contribution is 2.78. The minimum Gasteiger partial charge on any atom is -0.508 e. The molecule has 7 fully saturated rings. The molecule has 0 radical (unpaired) electrons. The number of unbranched alkanes of at least 4 members (excludes halogenated alkanes) is 1. The summed E-state index contributed by atoms with van der Waals surface area (Å²) in [6.07, 6.45) is 16.5. The Bertz CT molecular complexity index is 2140. The lowest BCUT2D eigenvalue weighted by Gasteiger charge is -2.73. The number of H-pyrrole nitrogens is 1. The first kappa shape index (κ1) is 45.5. The number of aromatic amines is 1. The van der Waals surface area contributed by atoms with E-state index in [2.05, 4.69) is 64.9 Å². The first-order valence-corrected chi connectivity index (χ1v) is 25.4. The van der Waals surface area contributed by atoms with E-state index in [0.717, 1.165) is 107 Å². The predicted molar refractivity (Wildman–Crippen MR) is 249 cm³/mol. The van der Waals surface area contributed by atoms with Gasteiger partial charge in [0.15, 0.2) is 0 Å². The van der Waals surface area contributed by atoms with Crippen molar-refractivity contribution in [3.05, 3.63) is 48.4 Å². The van der Waals surface area contributed by atoms with Crippen LogP contribution in [0.25, 0.3) is 11.3 Å². The highest BCUT2D eigenvalue weighted by molar-refractivity contribution is 5.85. The van der Waals surface area contributed by atoms with Crippen LogP contribution in [0.2, 0.25) is 0 Å². The molecule has 9 nitrogen and oxygen atoms in total. The zero-order chi connectivity index (χ0) is 45.8. The van der Waals surface area contributed by atoms with Crippen molar-refractivity contribution < 1.29 is 29.0 Å². The van der Waals surface area contributed by atoms with E-state index in [0.29, 0.717) is 42.6 Å². The molecule has 7 aliphatic rings. The number of hydrogen-bond acceptors (Lipinski definition) is 7. The third-order valence-electron chi connectivity index (χ3n) is 20.9. The fourth-order valence-corrected chi connectivity index (χ4v) is 16.9. The number of carbonyl (C=O) groups is 3. The average molecular weight is 878 g/mol. The van der Waals surface area contributed by atoms with Crippen molar-refractivity contribution in [1.82, 2.24) is 14.9 Å². The normalized spacial score (nSPS) is 40.5. The van der Waals surface area contributed by atoms with Gasteiger partial charge in [-0.25, -0.2) is 4.98 Å². The number of phenolic OH excluding ortho intramolecular Hbond substituents is 1. The second kappa shape index (κ2) is 16.0. The Balaban J connectivity index is 0.929. The topological polar surface area (TPSA) is 122 Å². The number of aromatic nitrogens is 2. The smallest absolute Gasteiger partial charge is 0.309 e. The molecule has 1 saturated heterocycles. The largest absolute Gasteiger partial charge is 0.508 e. The van der Waals surface area contributed by atoms with E-state index in [1.807, 2.05) is 32.2 Å². The number of aromatic hydroxyl groups is 1. The Labute approximate surface area is 383 Å². The summed E-state index contributed by atoms with van der Waals surface area (Å²) < 4.78 is 12.2. The molecular formula is C55H79N3O6. The molecular weight excluding hydrogens is 799 g/mol. The van der Waals surface area contributed by atoms with Gasteiger partial charge in [-0.15, -0.1) is 0 Å². The number of likely N-dealkylation sites (tertiary alicyclic amines) is 1. The molecule has 0 spiro atoms. The number of ether oxygens (including phenoxy) is 2. The van der Waals surface area contributed by atoms with Crippen LogP contribution < -0.4 is 0 Å². The quantitative estimate of drug-likeness (QED) is 0.138. The van der Waals surface area contributed by atoms with Crippen LogP contribution in [0.1, 0.15) is 170 Å². The molecule has 1 amide bonds. The molecule has 1 aliphatic heterocycles. The Morgan fingerprint density at radius 1 is 0.844 bits per heavy atom. The maximum atomic E-state index is 15.6. The Morgan fingerprint density at radius 3 is 2.28 bits per heavy atom. The summed E-state index contributed by atoms with van der Waals surface area (Å²) in [5.41, 5.74) is 2.42. The number of esters is 2. The number of hydrogen-bond donors (Lipinski definition) is 2. The molecule has 13 atom stereocenters. The summed E-state index contributed by atoms with van der Waals surface area (Å²) in [4.78, 5) is 53.2. The Kier molecular flexibility index (Phi) is 11.4. The van der Waals surface area contributed by atoms with Gasteiger partial charge < -0.3 is 24.5 Å². The van der Waals surface area contributed by atoms with Crippen molar-refractivity contribution in [2.24, 2.45) is 73.9 Å². The van der Waals surface area contributed by atoms with Crippen molar-refractivity contribution in [1.29, 1.82) is 0 Å². The van der Waals surface area contributed by atoms with Crippen molar-refractivity contribution in [2.45, 2.75) is 171 Å². The van der Waals surface area contributed by atoms with E-state index < -0.39 is 5.41 Å². The molecule has 2 aromatic rings. The number of rotatable bonds is 10. The SMILES string of the molecule is C=C(C)[C@@H]1CC[C@]2(C(=O)N3CCC[C@H]3c3ncc(-c4ccc(O)cc4)[nH]3)CC[C@]3(C)[C@H](CC[C@@H]4[C@@]5(C)CC[C@H](OC(=O)C6CC(C(=O)OCCCC)C6(C)C)C(C)(C)[C@@H]5CC[C@]43C)[C@@H]12. The fourth-order valence-electron chi connectivity index (χ4n) is 16.9. The first-order chi connectivity index (χ1) is 30.2. The Hall–Kier alpha value is -3.62. The number of imidazole rings is 1. The van der Waals surface area contributed by atoms with E-state index in [1.165, 1.54) is 12.0 Å². The monoisotopic (exact) mass is 878 g/mol. The van der Waals surface area contributed by atoms with Gasteiger partial charge in [0, 0.05) is 12.0 Å². The number of amides is 1. The maximum Gasteiger partial charge on any atom is 0.309 e. The van der Waals surface area contributed by atoms with Crippen LogP contribution in [0.3, 0.4) is 0 Å². The number of nitrogens with zero attached hydrogens (tertiary/aromatic N) is 2. The van der Waals surface area contributed by atoms with Crippen LogP contribution in [-0.2, 0) is 23.9 Å². The summed E-state index contributed by atoms with van der Waals surface area (Å²) in [6, 6.07) is 7.13. The van der Waals surface area contributed by atoms with Gasteiger partial charge in [-0.1, -0.05) is 74.0 Å². The van der Waals surface area contributed by atoms with Crippen LogP contribution in [-0.4, -0.2) is 57.1 Å². The van der Waals surface area contributed by atoms with Crippen molar-refractivity contribution in [3.63, 3.8) is 0 Å². The van der Waals surface area contributed by atoms with Crippen molar-refractivity contribution >= 4 is 17.8 Å². The van der Waals surface area contributed by atoms with Gasteiger partial charge in [0.1, 0.15) is 17.7 Å². The number of fused-ring (bicyclic) bond motifs is 7. The van der Waals surface area contributed by atoms with Gasteiger partial charge in [-0.3, -0.25) is 14.4 Å². The summed E-state index contributed by atoms with van der Waals surface area (Å²) >= 11 is 0. The van der Waals surface area contributed by atoms with Gasteiger partial charge in [0.05, 0.1) is 41.8 Å². The standard InChI is InChI=1S/C55H79N3O6/c1-11-12-30-63-47(60)38-31-39(50(38,4)5)48(61)64-44-23-24-52(8)42(51(44,6)7)22-25-54(10)43(52)20-19-37-45-36(33(2)3)21-26-55(45,28-27-53(37,54)9)49(62)58-29-13-14-41(58)46-56-32-40(57-46)34-15-17-35(59)18-16-34/h15-18,32,36-39,41-45,59H,2,11-14,19-31H2,1,3-10H3,(H,56,57)/t36-,37+,38?,39?,41-,42-,43+,44-,45+,52-,53+,54+,55-/m0/s1. The molecule has 1 aromatic carbocycles. The molecule has 2 heterocycles. The van der Waals surface area contributed by atoms with Gasteiger partial charge in [-0.2, -0.15) is 0 Å². The summed E-state index contributed by atoms with van der Waals surface area (Å²) in [5, 5.41) is 9.87. The molecule has 9 heteroatoms. The molecule has 64 heavy (non-hydrogen) atoms. The number of carbonyl (C=O) groups excluding carboxylic acids is 3. The molecule has 350 valence electrons. The lowest BCUT2D eigenvalue weighted by atomic mass is 9.32. The van der Waals surface area contributed by atoms with E-state index in [9.17, 15) is 14.7 Å². The molecule has 2 N–H and O–H groups in total. The third kappa shape index (κ3) is 6.70. The van der Waals surface area contributed by atoms with Crippen molar-refractivity contribution in [2.75, 3.05) is 13.2 Å². The minimum absolute atomic E-state index is 0.0666. The molecule has 0 bridgehead atoms. The fraction of sp³-hybridized carbons (Fsp3) is 0.745. The van der Waals surface area contributed by atoms with Gasteiger partial charge in [0.2, 0.25) is 5.91 Å². The van der Waals surface area contributed by atoms with E-state index in [-0.39, 0.29) is 74.7 Å². The van der Waals surface area contributed by atoms with Gasteiger partial charge in [-0.05, 0) is 178 Å². The van der Waals surface area contributed by atoms with Crippen LogP contribution in [0, 0.1) is 73.9 Å². The third-order valence-corrected chi connectivity index (χ3v) is 20.9. The molecule has 2 unspecified atom stereocenters. The summed E-state index contributed by atoms with van der Waals surface area (Å²) in [5.74, 6) is 2.67. The van der Waals surface area contributed by atoms with Crippen molar-refractivity contribution in [3.8, 4) is 17.0 Å². The maximum absolute atomic E-state index is 15.6. The average Bonchev–Trinajstić information content (AvgIpc) is 4.02. The van der Waals surface area contributed by atoms with Crippen LogP contribution in [0.5, 0.6) is 5.75 Å². The van der Waals surface area contributed by atoms with Crippen LogP contribution in [0.15, 0.2) is 42.6 Å². The lowest BCUT2D eigenvalue weighted by molar-refractivity contribution is -0.251. The number of nitrogens with one attached hydrogen (secondary N) is 1. The second-order valence-electron chi connectivity index (χ2n) is 24.2. The minimum atomic E-state index is -0.478. The number of allylic oxidation sites excluding steroid dienone is 1. The Morgan fingerprint density at radius 2 is 1.58 bits per heavy atom. The van der Waals surface area contributed by atoms with Crippen LogP contribution in [0.4, 0.5) is 0 Å². The number of benzene rings is 1. The van der Waals surface area contributed by atoms with E-state index in [1.54, 1.807) is 12.1 Å². The van der Waals surface area contributed by atoms with Gasteiger partial charge >= 0.3 is 11.9 Å². The lowest BCUT2D eigenvalue weighted by Crippen LogP contribution is -2.67. The van der Waals surface area contributed by atoms with E-state index in [4.69, 9.17) is 14.5 Å². The zero-order valence-electron chi connectivity index (χ0n) is 40.7. The van der Waals surface area contributed by atoms with E-state index >= 15 is 4.79 Å². The van der Waals surface area contributed by atoms with Gasteiger partial charge in [0.25, 0.3) is 0 Å². The predicted octanol–water partition coefficient (Wildman–Crippen LogP) is 12.0. The number of phenols is 1. The van der Waals surface area contributed by atoms with Crippen LogP contribution >= 0.6 is 0 Å². The molecule has 9 rings (SSSR count).